The van der Waals surface area contributed by atoms with Crippen molar-refractivity contribution in [2.45, 2.75) is 0 Å². The molecule has 0 aliphatic carbocycles. The Morgan fingerprint density at radius 3 is 2.86 bits per heavy atom. The summed E-state index contributed by atoms with van der Waals surface area (Å²) < 4.78 is 17.8. The van der Waals surface area contributed by atoms with Crippen LogP contribution in [0.25, 0.3) is 10.8 Å². The van der Waals surface area contributed by atoms with Gasteiger partial charge >= 0.3 is 0 Å². The van der Waals surface area contributed by atoms with Gasteiger partial charge in [-0.25, -0.2) is 0 Å². The van der Waals surface area contributed by atoms with Gasteiger partial charge in [0.25, 0.3) is 5.56 Å². The minimum absolute atomic E-state index is 0.0643. The monoisotopic (exact) mass is 193 g/mol. The predicted molar refractivity (Wildman–Crippen MR) is 51.3 cm³/mol. The first-order chi connectivity index (χ1) is 6.72. The lowest BCUT2D eigenvalue weighted by Gasteiger charge is -2.01. The molecule has 0 unspecified atom stereocenters. The van der Waals surface area contributed by atoms with Crippen molar-refractivity contribution in [2.24, 2.45) is 0 Å². The van der Waals surface area contributed by atoms with Crippen LogP contribution in [0.1, 0.15) is 0 Å². The minimum atomic E-state index is -0.648. The molecule has 3 nitrogen and oxygen atoms in total. The number of aromatic nitrogens is 1. The minimum Gasteiger partial charge on any atom is -0.497 e. The molecule has 14 heavy (non-hydrogen) atoms. The summed E-state index contributed by atoms with van der Waals surface area (Å²) in [4.78, 5) is 11.3. The molecular weight excluding hydrogens is 185 g/mol. The molecule has 0 atom stereocenters. The average molecular weight is 193 g/mol. The van der Waals surface area contributed by atoms with Gasteiger partial charge in [-0.05, 0) is 29.7 Å². The lowest BCUT2D eigenvalue weighted by molar-refractivity contribution is 0.355. The van der Waals surface area contributed by atoms with Crippen LogP contribution in [0.3, 0.4) is 0 Å². The summed E-state index contributed by atoms with van der Waals surface area (Å²) in [6.07, 6.45) is 1.09. The van der Waals surface area contributed by atoms with Gasteiger partial charge in [0.2, 0.25) is 0 Å². The molecule has 0 fully saturated rings. The Labute approximate surface area is 79.3 Å². The van der Waals surface area contributed by atoms with E-state index in [1.165, 1.54) is 13.2 Å². The molecule has 0 bridgehead atoms. The number of rotatable bonds is 1. The van der Waals surface area contributed by atoms with Crippen molar-refractivity contribution in [2.75, 3.05) is 7.11 Å². The smallest absolute Gasteiger partial charge is 0.286 e. The van der Waals surface area contributed by atoms with Crippen molar-refractivity contribution >= 4 is 10.8 Å². The third kappa shape index (κ3) is 1.25. The summed E-state index contributed by atoms with van der Waals surface area (Å²) in [6.45, 7) is 0. The molecular formula is C10H8FNO2. The predicted octanol–water partition coefficient (Wildman–Crippen LogP) is 1.74. The maximum Gasteiger partial charge on any atom is 0.286 e. The number of hydrogen-bond acceptors (Lipinski definition) is 2. The summed E-state index contributed by atoms with van der Waals surface area (Å²) in [6, 6.07) is 6.40. The van der Waals surface area contributed by atoms with Crippen LogP contribution in [0, 0.1) is 0 Å². The standard InChI is InChI=1S/C10H8FNO2/c1-14-8-2-3-9-7(6-8)4-5-12(11)10(9)13/h2-6H,1H3. The van der Waals surface area contributed by atoms with Crippen LogP contribution >= 0.6 is 0 Å². The third-order valence-corrected chi connectivity index (χ3v) is 2.07. The first-order valence-electron chi connectivity index (χ1n) is 4.08. The largest absolute Gasteiger partial charge is 0.497 e. The first kappa shape index (κ1) is 8.74. The lowest BCUT2D eigenvalue weighted by Crippen LogP contribution is -2.12. The highest BCUT2D eigenvalue weighted by Crippen LogP contribution is 2.17. The molecule has 72 valence electrons. The molecule has 0 spiro atoms. The van der Waals surface area contributed by atoms with Crippen LogP contribution in [-0.4, -0.2) is 11.9 Å². The second kappa shape index (κ2) is 3.14. The van der Waals surface area contributed by atoms with Crippen LogP contribution in [0.5, 0.6) is 5.75 Å². The van der Waals surface area contributed by atoms with Gasteiger partial charge in [-0.1, -0.05) is 4.48 Å². The zero-order chi connectivity index (χ0) is 10.1. The van der Waals surface area contributed by atoms with Gasteiger partial charge in [-0.15, -0.1) is 4.79 Å². The van der Waals surface area contributed by atoms with E-state index >= 15 is 0 Å². The normalized spacial score (nSPS) is 10.4. The van der Waals surface area contributed by atoms with Crippen molar-refractivity contribution in [1.29, 1.82) is 0 Å². The van der Waals surface area contributed by atoms with Crippen molar-refractivity contribution in [3.05, 3.63) is 40.8 Å². The summed E-state index contributed by atoms with van der Waals surface area (Å²) in [7, 11) is 1.54. The van der Waals surface area contributed by atoms with Crippen molar-refractivity contribution in [3.8, 4) is 5.75 Å². The molecule has 0 saturated carbocycles. The van der Waals surface area contributed by atoms with E-state index in [4.69, 9.17) is 4.74 Å². The summed E-state index contributed by atoms with van der Waals surface area (Å²) >= 11 is 0. The Kier molecular flexibility index (Phi) is 1.96. The molecule has 0 saturated heterocycles. The number of hydrogen-bond donors (Lipinski definition) is 0. The van der Waals surface area contributed by atoms with E-state index in [1.807, 2.05) is 0 Å². The van der Waals surface area contributed by atoms with Gasteiger partial charge in [0, 0.05) is 11.6 Å². The molecule has 2 rings (SSSR count). The number of methoxy groups -OCH3 is 1. The van der Waals surface area contributed by atoms with Crippen molar-refractivity contribution < 1.29 is 9.22 Å². The zero-order valence-corrected chi connectivity index (χ0v) is 7.53. The van der Waals surface area contributed by atoms with Gasteiger partial charge in [0.1, 0.15) is 5.75 Å². The van der Waals surface area contributed by atoms with E-state index in [0.29, 0.717) is 16.5 Å². The van der Waals surface area contributed by atoms with Gasteiger partial charge in [-0.2, -0.15) is 0 Å². The van der Waals surface area contributed by atoms with Gasteiger partial charge in [0.15, 0.2) is 0 Å². The first-order valence-corrected chi connectivity index (χ1v) is 4.08. The number of pyridine rings is 1. The van der Waals surface area contributed by atoms with Crippen LogP contribution < -0.4 is 10.3 Å². The third-order valence-electron chi connectivity index (χ3n) is 2.07. The summed E-state index contributed by atoms with van der Waals surface area (Å²) in [5, 5.41) is 1.01. The number of halogens is 1. The number of nitrogens with zero attached hydrogens (tertiary/aromatic N) is 1. The number of benzene rings is 1. The van der Waals surface area contributed by atoms with Crippen molar-refractivity contribution in [3.63, 3.8) is 0 Å². The van der Waals surface area contributed by atoms with Crippen LogP contribution in [-0.2, 0) is 0 Å². The SMILES string of the molecule is COc1ccc2c(=O)n(F)ccc2c1. The fourth-order valence-corrected chi connectivity index (χ4v) is 1.33. The van der Waals surface area contributed by atoms with E-state index in [0.717, 1.165) is 6.20 Å². The highest BCUT2D eigenvalue weighted by molar-refractivity contribution is 5.82. The van der Waals surface area contributed by atoms with E-state index < -0.39 is 5.56 Å². The number of fused-ring (bicyclic) bond motifs is 1. The topological polar surface area (TPSA) is 31.2 Å². The number of ether oxygens (including phenoxy) is 1. The molecule has 1 heterocycles. The molecule has 4 heteroatoms. The Balaban J connectivity index is 2.81. The second-order valence-corrected chi connectivity index (χ2v) is 2.89. The maximum absolute atomic E-state index is 12.8. The van der Waals surface area contributed by atoms with Crippen molar-refractivity contribution in [1.82, 2.24) is 4.79 Å². The Hall–Kier alpha value is -1.84. The van der Waals surface area contributed by atoms with Gasteiger partial charge < -0.3 is 4.74 Å². The Morgan fingerprint density at radius 2 is 2.14 bits per heavy atom. The maximum atomic E-state index is 12.8. The van der Waals surface area contributed by atoms with Crippen LogP contribution in [0.4, 0.5) is 4.48 Å². The second-order valence-electron chi connectivity index (χ2n) is 2.89. The fourth-order valence-electron chi connectivity index (χ4n) is 1.33. The lowest BCUT2D eigenvalue weighted by atomic mass is 10.2. The van der Waals surface area contributed by atoms with E-state index in [1.54, 1.807) is 18.2 Å². The van der Waals surface area contributed by atoms with Gasteiger partial charge in [0.05, 0.1) is 7.11 Å². The Morgan fingerprint density at radius 1 is 1.36 bits per heavy atom. The molecule has 0 amide bonds. The summed E-state index contributed by atoms with van der Waals surface area (Å²) in [5.74, 6) is 0.647. The molecule has 0 N–H and O–H groups in total. The summed E-state index contributed by atoms with van der Waals surface area (Å²) in [5.41, 5.74) is -0.648. The Bertz CT molecular complexity index is 533. The molecule has 0 aliphatic heterocycles. The zero-order valence-electron chi connectivity index (χ0n) is 7.53. The highest BCUT2D eigenvalue weighted by Gasteiger charge is 2.02. The fraction of sp³-hybridized carbons (Fsp3) is 0.100. The molecule has 1 aromatic carbocycles. The van der Waals surface area contributed by atoms with Crippen LogP contribution in [0.2, 0.25) is 0 Å². The highest BCUT2D eigenvalue weighted by atomic mass is 19.2. The van der Waals surface area contributed by atoms with E-state index in [2.05, 4.69) is 0 Å². The quantitative estimate of drug-likeness (QED) is 0.690. The average Bonchev–Trinajstić information content (AvgIpc) is 2.23. The van der Waals surface area contributed by atoms with E-state index in [-0.39, 0.29) is 4.79 Å². The van der Waals surface area contributed by atoms with E-state index in [9.17, 15) is 9.28 Å². The molecule has 2 aromatic rings. The van der Waals surface area contributed by atoms with Gasteiger partial charge in [-0.3, -0.25) is 4.79 Å². The molecule has 1 aromatic heterocycles. The molecule has 0 aliphatic rings. The van der Waals surface area contributed by atoms with Crippen LogP contribution in [0.15, 0.2) is 35.3 Å². The molecule has 0 radical (unpaired) electrons.